The van der Waals surface area contributed by atoms with Crippen molar-refractivity contribution in [2.45, 2.75) is 25.5 Å². The van der Waals surface area contributed by atoms with Crippen molar-refractivity contribution in [3.63, 3.8) is 0 Å². The molecule has 1 aromatic rings. The van der Waals surface area contributed by atoms with Crippen LogP contribution in [0.1, 0.15) is 18.4 Å². The molecule has 110 valence electrons. The van der Waals surface area contributed by atoms with Crippen molar-refractivity contribution < 1.29 is 14.3 Å². The third-order valence-corrected chi connectivity index (χ3v) is 3.59. The highest BCUT2D eigenvalue weighted by atomic mass is 19.1. The van der Waals surface area contributed by atoms with E-state index in [2.05, 4.69) is 0 Å². The van der Waals surface area contributed by atoms with Crippen LogP contribution in [0.3, 0.4) is 0 Å². The number of hydrogen-bond acceptors (Lipinski definition) is 3. The van der Waals surface area contributed by atoms with Gasteiger partial charge in [0.1, 0.15) is 5.82 Å². The van der Waals surface area contributed by atoms with Crippen LogP contribution in [0.25, 0.3) is 0 Å². The SMILES string of the molecule is CN(CC(=O)N1CCC(O)CC1)Cc1ccc(F)cc1. The molecule has 4 nitrogen and oxygen atoms in total. The molecule has 0 saturated carbocycles. The first-order valence-corrected chi connectivity index (χ1v) is 6.93. The lowest BCUT2D eigenvalue weighted by Gasteiger charge is -2.31. The van der Waals surface area contributed by atoms with Crippen molar-refractivity contribution in [1.82, 2.24) is 9.80 Å². The molecule has 0 aliphatic carbocycles. The predicted molar refractivity (Wildman–Crippen MR) is 74.6 cm³/mol. The van der Waals surface area contributed by atoms with E-state index in [1.165, 1.54) is 12.1 Å². The van der Waals surface area contributed by atoms with Crippen molar-refractivity contribution in [2.75, 3.05) is 26.7 Å². The quantitative estimate of drug-likeness (QED) is 0.902. The normalized spacial score (nSPS) is 16.7. The van der Waals surface area contributed by atoms with Crippen LogP contribution in [-0.4, -0.2) is 53.6 Å². The van der Waals surface area contributed by atoms with E-state index in [1.54, 1.807) is 17.0 Å². The summed E-state index contributed by atoms with van der Waals surface area (Å²) in [7, 11) is 1.88. The van der Waals surface area contributed by atoms with Crippen LogP contribution in [0.15, 0.2) is 24.3 Å². The fourth-order valence-electron chi connectivity index (χ4n) is 2.40. The summed E-state index contributed by atoms with van der Waals surface area (Å²) in [5.74, 6) is -0.166. The maximum absolute atomic E-state index is 12.8. The van der Waals surface area contributed by atoms with Gasteiger partial charge < -0.3 is 10.0 Å². The van der Waals surface area contributed by atoms with Crippen LogP contribution in [0.2, 0.25) is 0 Å². The van der Waals surface area contributed by atoms with Gasteiger partial charge in [0.2, 0.25) is 5.91 Å². The Balaban J connectivity index is 1.80. The number of carbonyl (C=O) groups is 1. The highest BCUT2D eigenvalue weighted by molar-refractivity contribution is 5.78. The molecule has 0 atom stereocenters. The zero-order chi connectivity index (χ0) is 14.5. The Morgan fingerprint density at radius 1 is 1.35 bits per heavy atom. The fourth-order valence-corrected chi connectivity index (χ4v) is 2.40. The van der Waals surface area contributed by atoms with Gasteiger partial charge in [-0.2, -0.15) is 0 Å². The molecule has 0 radical (unpaired) electrons. The van der Waals surface area contributed by atoms with Gasteiger partial charge in [0.25, 0.3) is 0 Å². The molecule has 1 aliphatic heterocycles. The van der Waals surface area contributed by atoms with Gasteiger partial charge in [0, 0.05) is 19.6 Å². The number of halogens is 1. The molecule has 1 saturated heterocycles. The standard InChI is InChI=1S/C15H21FN2O2/c1-17(10-12-2-4-13(16)5-3-12)11-15(20)18-8-6-14(19)7-9-18/h2-5,14,19H,6-11H2,1H3. The summed E-state index contributed by atoms with van der Waals surface area (Å²) < 4.78 is 12.8. The molecule has 5 heteroatoms. The first-order chi connectivity index (χ1) is 9.54. The Bertz CT molecular complexity index is 442. The number of aliphatic hydroxyl groups is 1. The highest BCUT2D eigenvalue weighted by Gasteiger charge is 2.21. The second kappa shape index (κ2) is 6.81. The first kappa shape index (κ1) is 14.9. The second-order valence-electron chi connectivity index (χ2n) is 5.41. The molecule has 1 aliphatic rings. The van der Waals surface area contributed by atoms with Crippen molar-refractivity contribution in [3.8, 4) is 0 Å². The van der Waals surface area contributed by atoms with Crippen LogP contribution < -0.4 is 0 Å². The zero-order valence-electron chi connectivity index (χ0n) is 11.8. The summed E-state index contributed by atoms with van der Waals surface area (Å²) in [6.07, 6.45) is 1.05. The van der Waals surface area contributed by atoms with Gasteiger partial charge in [0.15, 0.2) is 0 Å². The number of benzene rings is 1. The zero-order valence-corrected chi connectivity index (χ0v) is 11.8. The van der Waals surface area contributed by atoms with Crippen LogP contribution in [0, 0.1) is 5.82 Å². The number of hydrogen-bond donors (Lipinski definition) is 1. The Labute approximate surface area is 118 Å². The summed E-state index contributed by atoms with van der Waals surface area (Å²) in [5, 5.41) is 9.43. The Morgan fingerprint density at radius 3 is 2.55 bits per heavy atom. The van der Waals surface area contributed by atoms with Gasteiger partial charge in [-0.15, -0.1) is 0 Å². The van der Waals surface area contributed by atoms with Crippen LogP contribution in [-0.2, 0) is 11.3 Å². The molecule has 0 unspecified atom stereocenters. The van der Waals surface area contributed by atoms with E-state index in [1.807, 2.05) is 11.9 Å². The number of likely N-dealkylation sites (N-methyl/N-ethyl adjacent to an activating group) is 1. The number of nitrogens with zero attached hydrogens (tertiary/aromatic N) is 2. The lowest BCUT2D eigenvalue weighted by atomic mass is 10.1. The summed E-state index contributed by atoms with van der Waals surface area (Å²) in [6, 6.07) is 6.31. The van der Waals surface area contributed by atoms with E-state index in [9.17, 15) is 14.3 Å². The monoisotopic (exact) mass is 280 g/mol. The minimum absolute atomic E-state index is 0.0847. The molecular weight excluding hydrogens is 259 g/mol. The Morgan fingerprint density at radius 2 is 1.95 bits per heavy atom. The number of likely N-dealkylation sites (tertiary alicyclic amines) is 1. The lowest BCUT2D eigenvalue weighted by molar-refractivity contribution is -0.134. The maximum atomic E-state index is 12.8. The van der Waals surface area contributed by atoms with E-state index >= 15 is 0 Å². The number of rotatable bonds is 4. The summed E-state index contributed by atoms with van der Waals surface area (Å²) >= 11 is 0. The highest BCUT2D eigenvalue weighted by Crippen LogP contribution is 2.11. The van der Waals surface area contributed by atoms with Gasteiger partial charge in [0.05, 0.1) is 12.6 Å². The largest absolute Gasteiger partial charge is 0.393 e. The first-order valence-electron chi connectivity index (χ1n) is 6.93. The van der Waals surface area contributed by atoms with E-state index in [0.717, 1.165) is 5.56 Å². The molecular formula is C15H21FN2O2. The van der Waals surface area contributed by atoms with Gasteiger partial charge in [-0.1, -0.05) is 12.1 Å². The smallest absolute Gasteiger partial charge is 0.236 e. The molecule has 1 amide bonds. The topological polar surface area (TPSA) is 43.8 Å². The molecule has 20 heavy (non-hydrogen) atoms. The summed E-state index contributed by atoms with van der Waals surface area (Å²) in [6.45, 7) is 2.21. The molecule has 0 bridgehead atoms. The number of carbonyl (C=O) groups excluding carboxylic acids is 1. The average molecular weight is 280 g/mol. The number of piperidine rings is 1. The van der Waals surface area contributed by atoms with Gasteiger partial charge >= 0.3 is 0 Å². The van der Waals surface area contributed by atoms with Crippen molar-refractivity contribution in [3.05, 3.63) is 35.6 Å². The molecule has 2 rings (SSSR count). The molecule has 1 heterocycles. The van der Waals surface area contributed by atoms with Crippen LogP contribution >= 0.6 is 0 Å². The van der Waals surface area contributed by atoms with Gasteiger partial charge in [-0.25, -0.2) is 4.39 Å². The Kier molecular flexibility index (Phi) is 5.09. The number of amides is 1. The lowest BCUT2D eigenvalue weighted by Crippen LogP contribution is -2.44. The molecule has 0 spiro atoms. The molecule has 0 aromatic heterocycles. The molecule has 1 N–H and O–H groups in total. The molecule has 1 aromatic carbocycles. The van der Waals surface area contributed by atoms with Gasteiger partial charge in [-0.3, -0.25) is 9.69 Å². The van der Waals surface area contributed by atoms with E-state index in [0.29, 0.717) is 39.0 Å². The maximum Gasteiger partial charge on any atom is 0.236 e. The van der Waals surface area contributed by atoms with Crippen molar-refractivity contribution >= 4 is 5.91 Å². The van der Waals surface area contributed by atoms with Gasteiger partial charge in [-0.05, 0) is 37.6 Å². The third-order valence-electron chi connectivity index (χ3n) is 3.59. The van der Waals surface area contributed by atoms with Crippen LogP contribution in [0.5, 0.6) is 0 Å². The van der Waals surface area contributed by atoms with E-state index in [4.69, 9.17) is 0 Å². The minimum atomic E-state index is -0.268. The van der Waals surface area contributed by atoms with Crippen molar-refractivity contribution in [1.29, 1.82) is 0 Å². The molecule has 1 fully saturated rings. The third kappa shape index (κ3) is 4.28. The summed E-state index contributed by atoms with van der Waals surface area (Å²) in [5.41, 5.74) is 0.982. The number of aliphatic hydroxyl groups excluding tert-OH is 1. The van der Waals surface area contributed by atoms with E-state index in [-0.39, 0.29) is 17.8 Å². The minimum Gasteiger partial charge on any atom is -0.393 e. The fraction of sp³-hybridized carbons (Fsp3) is 0.533. The van der Waals surface area contributed by atoms with E-state index < -0.39 is 0 Å². The van der Waals surface area contributed by atoms with Crippen LogP contribution in [0.4, 0.5) is 4.39 Å². The predicted octanol–water partition coefficient (Wildman–Crippen LogP) is 1.24. The average Bonchev–Trinajstić information content (AvgIpc) is 2.42. The second-order valence-corrected chi connectivity index (χ2v) is 5.41. The summed E-state index contributed by atoms with van der Waals surface area (Å²) in [4.78, 5) is 15.8. The van der Waals surface area contributed by atoms with Crippen molar-refractivity contribution in [2.24, 2.45) is 0 Å². The Hall–Kier alpha value is -1.46.